The van der Waals surface area contributed by atoms with Crippen LogP contribution in [-0.4, -0.2) is 4.98 Å². The summed E-state index contributed by atoms with van der Waals surface area (Å²) in [4.78, 5) is 4.26. The van der Waals surface area contributed by atoms with Crippen molar-refractivity contribution in [2.75, 3.05) is 0 Å². The van der Waals surface area contributed by atoms with Crippen molar-refractivity contribution in [3.63, 3.8) is 0 Å². The van der Waals surface area contributed by atoms with Gasteiger partial charge in [-0.2, -0.15) is 8.78 Å². The van der Waals surface area contributed by atoms with E-state index in [0.717, 1.165) is 5.01 Å². The maximum atomic E-state index is 13.4. The Balaban J connectivity index is 2.19. The summed E-state index contributed by atoms with van der Waals surface area (Å²) in [6.45, 7) is 5.64. The molecule has 7 heteroatoms. The molecule has 1 aromatic heterocycles. The number of thiazole rings is 1. The molecule has 0 aliphatic carbocycles. The van der Waals surface area contributed by atoms with Crippen molar-refractivity contribution in [1.82, 2.24) is 4.98 Å². The van der Waals surface area contributed by atoms with Crippen LogP contribution in [0.3, 0.4) is 0 Å². The van der Waals surface area contributed by atoms with Gasteiger partial charge in [-0.1, -0.05) is 20.8 Å². The monoisotopic (exact) mass is 319 g/mol. The van der Waals surface area contributed by atoms with Gasteiger partial charge in [-0.05, 0) is 0 Å². The van der Waals surface area contributed by atoms with Gasteiger partial charge in [0.1, 0.15) is 6.61 Å². The molecular formula is C14H13F4NOS. The Labute approximate surface area is 123 Å². The average molecular weight is 319 g/mol. The molecule has 0 aliphatic rings. The number of hydrogen-bond donors (Lipinski definition) is 0. The van der Waals surface area contributed by atoms with Gasteiger partial charge >= 0.3 is 0 Å². The zero-order chi connectivity index (χ0) is 15.8. The predicted molar refractivity (Wildman–Crippen MR) is 71.4 cm³/mol. The maximum absolute atomic E-state index is 13.4. The topological polar surface area (TPSA) is 22.1 Å². The van der Waals surface area contributed by atoms with Crippen LogP contribution in [0.1, 0.15) is 31.5 Å². The van der Waals surface area contributed by atoms with Gasteiger partial charge in [0.15, 0.2) is 17.4 Å². The third-order valence-corrected chi connectivity index (χ3v) is 3.95. The molecule has 0 N–H and O–H groups in total. The van der Waals surface area contributed by atoms with E-state index in [4.69, 9.17) is 4.74 Å². The highest BCUT2D eigenvalue weighted by Crippen LogP contribution is 2.29. The molecule has 0 fully saturated rings. The summed E-state index contributed by atoms with van der Waals surface area (Å²) in [6.07, 6.45) is 0. The third-order valence-electron chi connectivity index (χ3n) is 2.63. The van der Waals surface area contributed by atoms with Gasteiger partial charge in [-0.15, -0.1) is 11.3 Å². The van der Waals surface area contributed by atoms with Crippen LogP contribution >= 0.6 is 11.3 Å². The summed E-state index contributed by atoms with van der Waals surface area (Å²) in [5, 5.41) is 2.50. The number of ether oxygens (including phenoxy) is 1. The van der Waals surface area contributed by atoms with Crippen LogP contribution in [0.15, 0.2) is 11.4 Å². The second kappa shape index (κ2) is 5.63. The average Bonchev–Trinajstić information content (AvgIpc) is 2.85. The summed E-state index contributed by atoms with van der Waals surface area (Å²) < 4.78 is 57.7. The van der Waals surface area contributed by atoms with Crippen molar-refractivity contribution < 1.29 is 22.3 Å². The van der Waals surface area contributed by atoms with Gasteiger partial charge in [0.2, 0.25) is 11.6 Å². The molecule has 2 aromatic rings. The van der Waals surface area contributed by atoms with Crippen LogP contribution in [-0.2, 0) is 12.0 Å². The van der Waals surface area contributed by atoms with E-state index in [1.807, 2.05) is 20.8 Å². The largest absolute Gasteiger partial charge is 0.481 e. The molecule has 0 atom stereocenters. The molecule has 0 bridgehead atoms. The number of nitrogens with zero attached hydrogens (tertiary/aromatic N) is 1. The van der Waals surface area contributed by atoms with E-state index < -0.39 is 29.0 Å². The normalized spacial score (nSPS) is 11.8. The molecule has 0 unspecified atom stereocenters. The molecule has 114 valence electrons. The first-order valence-electron chi connectivity index (χ1n) is 6.11. The third kappa shape index (κ3) is 3.34. The molecule has 2 rings (SSSR count). The van der Waals surface area contributed by atoms with Crippen LogP contribution in [0.4, 0.5) is 17.6 Å². The Morgan fingerprint density at radius 3 is 2.14 bits per heavy atom. The first-order chi connectivity index (χ1) is 9.70. The minimum absolute atomic E-state index is 0.137. The van der Waals surface area contributed by atoms with E-state index in [9.17, 15) is 17.6 Å². The van der Waals surface area contributed by atoms with Crippen LogP contribution in [0, 0.1) is 23.3 Å². The zero-order valence-electron chi connectivity index (χ0n) is 11.6. The summed E-state index contributed by atoms with van der Waals surface area (Å²) in [7, 11) is 0. The lowest BCUT2D eigenvalue weighted by molar-refractivity contribution is 0.258. The fraction of sp³-hybridized carbons (Fsp3) is 0.357. The Morgan fingerprint density at radius 1 is 1.10 bits per heavy atom. The second-order valence-electron chi connectivity index (χ2n) is 5.48. The minimum Gasteiger partial charge on any atom is -0.481 e. The van der Waals surface area contributed by atoms with Crippen molar-refractivity contribution in [3.8, 4) is 5.75 Å². The number of halogens is 4. The number of aromatic nitrogens is 1. The van der Waals surface area contributed by atoms with Crippen molar-refractivity contribution in [1.29, 1.82) is 0 Å². The summed E-state index contributed by atoms with van der Waals surface area (Å²) in [5.74, 6) is -7.19. The van der Waals surface area contributed by atoms with Gasteiger partial charge in [-0.25, -0.2) is 13.8 Å². The fourth-order valence-corrected chi connectivity index (χ4v) is 2.43. The van der Waals surface area contributed by atoms with Crippen molar-refractivity contribution in [2.24, 2.45) is 0 Å². The SMILES string of the molecule is CC(C)(C)c1nc(COc2c(F)c(F)cc(F)c2F)cs1. The molecule has 1 aromatic carbocycles. The standard InChI is InChI=1S/C14H13F4NOS/c1-14(2,3)13-19-7(6-21-13)5-20-12-10(17)8(15)4-9(16)11(12)18/h4,6H,5H2,1-3H3. The van der Waals surface area contributed by atoms with E-state index in [2.05, 4.69) is 4.98 Å². The Morgan fingerprint density at radius 2 is 1.67 bits per heavy atom. The molecule has 0 saturated carbocycles. The fourth-order valence-electron chi connectivity index (χ4n) is 1.54. The van der Waals surface area contributed by atoms with Gasteiger partial charge in [0, 0.05) is 16.9 Å². The summed E-state index contributed by atoms with van der Waals surface area (Å²) in [6, 6.07) is 0.137. The highest BCUT2D eigenvalue weighted by molar-refractivity contribution is 7.09. The first-order valence-corrected chi connectivity index (χ1v) is 6.98. The Bertz CT molecular complexity index is 637. The van der Waals surface area contributed by atoms with Gasteiger partial charge in [0.05, 0.1) is 10.7 Å². The first kappa shape index (κ1) is 15.8. The lowest BCUT2D eigenvalue weighted by atomic mass is 9.98. The van der Waals surface area contributed by atoms with Crippen molar-refractivity contribution >= 4 is 11.3 Å². The van der Waals surface area contributed by atoms with Gasteiger partial charge in [-0.3, -0.25) is 0 Å². The quantitative estimate of drug-likeness (QED) is 0.610. The molecule has 0 saturated heterocycles. The molecule has 1 heterocycles. The number of benzene rings is 1. The van der Waals surface area contributed by atoms with Crippen LogP contribution < -0.4 is 4.74 Å². The molecule has 0 spiro atoms. The van der Waals surface area contributed by atoms with Crippen molar-refractivity contribution in [3.05, 3.63) is 45.4 Å². The van der Waals surface area contributed by atoms with Crippen molar-refractivity contribution in [2.45, 2.75) is 32.8 Å². The second-order valence-corrected chi connectivity index (χ2v) is 6.34. The van der Waals surface area contributed by atoms with Gasteiger partial charge in [0.25, 0.3) is 0 Å². The molecule has 2 nitrogen and oxygen atoms in total. The van der Waals surface area contributed by atoms with Crippen LogP contribution in [0.5, 0.6) is 5.75 Å². The Hall–Kier alpha value is -1.63. The lowest BCUT2D eigenvalue weighted by Crippen LogP contribution is -2.11. The smallest absolute Gasteiger partial charge is 0.203 e. The molecule has 0 aliphatic heterocycles. The number of rotatable bonds is 3. The van der Waals surface area contributed by atoms with E-state index in [-0.39, 0.29) is 18.1 Å². The molecule has 21 heavy (non-hydrogen) atoms. The molecular weight excluding hydrogens is 306 g/mol. The zero-order valence-corrected chi connectivity index (χ0v) is 12.5. The minimum atomic E-state index is -1.56. The molecule has 0 amide bonds. The van der Waals surface area contributed by atoms with E-state index >= 15 is 0 Å². The van der Waals surface area contributed by atoms with E-state index in [0.29, 0.717) is 5.69 Å². The predicted octanol–water partition coefficient (Wildman–Crippen LogP) is 4.58. The molecule has 0 radical (unpaired) electrons. The Kier molecular flexibility index (Phi) is 4.22. The summed E-state index contributed by atoms with van der Waals surface area (Å²) >= 11 is 1.38. The van der Waals surface area contributed by atoms with Gasteiger partial charge < -0.3 is 4.74 Å². The summed E-state index contributed by atoms with van der Waals surface area (Å²) in [5.41, 5.74) is 0.276. The van der Waals surface area contributed by atoms with E-state index in [1.165, 1.54) is 11.3 Å². The number of hydrogen-bond acceptors (Lipinski definition) is 3. The highest BCUT2D eigenvalue weighted by atomic mass is 32.1. The lowest BCUT2D eigenvalue weighted by Gasteiger charge is -2.13. The van der Waals surface area contributed by atoms with E-state index in [1.54, 1.807) is 5.38 Å². The highest BCUT2D eigenvalue weighted by Gasteiger charge is 2.22. The van der Waals surface area contributed by atoms with Crippen LogP contribution in [0.25, 0.3) is 0 Å². The van der Waals surface area contributed by atoms with Crippen LogP contribution in [0.2, 0.25) is 0 Å². The maximum Gasteiger partial charge on any atom is 0.203 e.